The van der Waals surface area contributed by atoms with Crippen molar-refractivity contribution in [3.05, 3.63) is 57.6 Å². The number of ether oxygens (including phenoxy) is 2. The van der Waals surface area contributed by atoms with Crippen molar-refractivity contribution in [2.45, 2.75) is 6.92 Å². The molecule has 9 heteroatoms. The van der Waals surface area contributed by atoms with E-state index in [-0.39, 0.29) is 22.4 Å². The predicted molar refractivity (Wildman–Crippen MR) is 96.7 cm³/mol. The van der Waals surface area contributed by atoms with Crippen LogP contribution in [0.25, 0.3) is 0 Å². The molecule has 0 saturated heterocycles. The summed E-state index contributed by atoms with van der Waals surface area (Å²) in [6.45, 7) is 2.24. The van der Waals surface area contributed by atoms with Crippen molar-refractivity contribution in [1.29, 1.82) is 0 Å². The number of non-ortho nitro benzene ring substituents is 1. The van der Waals surface area contributed by atoms with Gasteiger partial charge in [0.2, 0.25) is 0 Å². The Morgan fingerprint density at radius 2 is 1.92 bits per heavy atom. The summed E-state index contributed by atoms with van der Waals surface area (Å²) in [5.74, 6) is 0.705. The lowest BCUT2D eigenvalue weighted by atomic mass is 10.3. The first-order valence-electron chi connectivity index (χ1n) is 6.99. The van der Waals surface area contributed by atoms with Gasteiger partial charge in [0, 0.05) is 12.1 Å². The summed E-state index contributed by atoms with van der Waals surface area (Å²) in [5, 5.41) is 20.1. The first kappa shape index (κ1) is 20.7. The number of carbonyl (C=O) groups excluding carboxylic acids is 1. The Hall–Kier alpha value is -2.32. The number of rotatable bonds is 5. The fourth-order valence-corrected chi connectivity index (χ4v) is 1.90. The summed E-state index contributed by atoms with van der Waals surface area (Å²) in [6, 6.07) is 10.0. The molecular weight excluding hydrogens is 418 g/mol. The van der Waals surface area contributed by atoms with Crippen molar-refractivity contribution >= 4 is 39.2 Å². The Balaban J connectivity index is 0.000000381. The van der Waals surface area contributed by atoms with Crippen LogP contribution in [0.15, 0.2) is 42.5 Å². The zero-order chi connectivity index (χ0) is 18.8. The fourth-order valence-electron chi connectivity index (χ4n) is 1.53. The summed E-state index contributed by atoms with van der Waals surface area (Å²) in [4.78, 5) is 20.1. The highest BCUT2D eigenvalue weighted by Gasteiger charge is 2.10. The number of aromatic hydroxyl groups is 1. The third-order valence-electron chi connectivity index (χ3n) is 2.61. The molecule has 2 rings (SSSR count). The first-order valence-corrected chi connectivity index (χ1v) is 8.49. The van der Waals surface area contributed by atoms with Crippen molar-refractivity contribution in [2.24, 2.45) is 0 Å². The quantitative estimate of drug-likeness (QED) is 0.318. The van der Waals surface area contributed by atoms with Crippen LogP contribution in [0, 0.1) is 10.1 Å². The van der Waals surface area contributed by atoms with Crippen LogP contribution in [-0.4, -0.2) is 27.9 Å². The van der Waals surface area contributed by atoms with Gasteiger partial charge in [-0.15, -0.1) is 0 Å². The van der Waals surface area contributed by atoms with Gasteiger partial charge >= 0.3 is 5.97 Å². The van der Waals surface area contributed by atoms with Gasteiger partial charge < -0.3 is 14.6 Å². The molecule has 0 heterocycles. The fraction of sp³-hybridized carbons (Fsp3) is 0.188. The Bertz CT molecular complexity index is 723. The number of nitrogens with zero attached hydrogens (tertiary/aromatic N) is 1. The molecule has 1 N–H and O–H groups in total. The van der Waals surface area contributed by atoms with Crippen molar-refractivity contribution < 1.29 is 24.3 Å². The van der Waals surface area contributed by atoms with Gasteiger partial charge in [0.25, 0.3) is 5.69 Å². The maximum absolute atomic E-state index is 10.5. The van der Waals surface area contributed by atoms with E-state index < -0.39 is 4.92 Å². The Morgan fingerprint density at radius 1 is 1.28 bits per heavy atom. The number of nitro groups is 1. The second-order valence-electron chi connectivity index (χ2n) is 4.41. The molecule has 0 spiro atoms. The molecule has 0 bridgehead atoms. The molecular formula is C16H15BrClNO6. The second-order valence-corrected chi connectivity index (χ2v) is 5.37. The zero-order valence-corrected chi connectivity index (χ0v) is 15.5. The summed E-state index contributed by atoms with van der Waals surface area (Å²) in [5.41, 5.74) is -0.0990. The average molecular weight is 433 g/mol. The minimum Gasteiger partial charge on any atom is -0.508 e. The average Bonchev–Trinajstić information content (AvgIpc) is 2.59. The van der Waals surface area contributed by atoms with E-state index in [2.05, 4.69) is 20.7 Å². The normalized spacial score (nSPS) is 9.56. The number of benzene rings is 2. The van der Waals surface area contributed by atoms with E-state index in [0.29, 0.717) is 23.4 Å². The van der Waals surface area contributed by atoms with Crippen LogP contribution in [0.2, 0.25) is 5.02 Å². The third kappa shape index (κ3) is 7.40. The first-order chi connectivity index (χ1) is 11.9. The molecule has 0 aromatic heterocycles. The van der Waals surface area contributed by atoms with Gasteiger partial charge in [-0.2, -0.15) is 0 Å². The number of halogens is 2. The van der Waals surface area contributed by atoms with Gasteiger partial charge in [0.1, 0.15) is 22.6 Å². The van der Waals surface area contributed by atoms with E-state index in [9.17, 15) is 14.9 Å². The standard InChI is InChI=1S/C12H8ClNO4.C4H7BrO2/c13-11-7-8(14(16)17)1-6-12(11)18-10-4-2-9(15)3-5-10;1-2-7-4(6)3-5/h1-7,15H;2-3H2,1H3. The van der Waals surface area contributed by atoms with Gasteiger partial charge in [-0.1, -0.05) is 27.5 Å². The summed E-state index contributed by atoms with van der Waals surface area (Å²) in [6.07, 6.45) is 0. The summed E-state index contributed by atoms with van der Waals surface area (Å²) in [7, 11) is 0. The van der Waals surface area contributed by atoms with Crippen LogP contribution in [0.1, 0.15) is 6.92 Å². The minimum atomic E-state index is -0.532. The van der Waals surface area contributed by atoms with E-state index in [1.807, 2.05) is 0 Å². The summed E-state index contributed by atoms with van der Waals surface area (Å²) >= 11 is 8.82. The highest BCUT2D eigenvalue weighted by molar-refractivity contribution is 9.09. The second kappa shape index (κ2) is 10.5. The van der Waals surface area contributed by atoms with E-state index in [1.54, 1.807) is 19.1 Å². The molecule has 0 radical (unpaired) electrons. The molecule has 0 saturated carbocycles. The van der Waals surface area contributed by atoms with Crippen molar-refractivity contribution in [3.63, 3.8) is 0 Å². The van der Waals surface area contributed by atoms with Crippen LogP contribution in [0.5, 0.6) is 17.2 Å². The molecule has 2 aromatic carbocycles. The Kier molecular flexibility index (Phi) is 8.73. The van der Waals surface area contributed by atoms with Gasteiger partial charge in [-0.05, 0) is 37.3 Å². The van der Waals surface area contributed by atoms with Gasteiger partial charge in [0.05, 0.1) is 16.6 Å². The van der Waals surface area contributed by atoms with Crippen LogP contribution in [-0.2, 0) is 9.53 Å². The lowest BCUT2D eigenvalue weighted by molar-refractivity contribution is -0.384. The molecule has 0 aliphatic heterocycles. The minimum absolute atomic E-state index is 0.0990. The Labute approximate surface area is 157 Å². The molecule has 0 unspecified atom stereocenters. The number of phenols is 1. The molecule has 0 fully saturated rings. The largest absolute Gasteiger partial charge is 0.508 e. The lowest BCUT2D eigenvalue weighted by Crippen LogP contribution is -2.03. The maximum Gasteiger partial charge on any atom is 0.316 e. The number of phenolic OH excluding ortho intramolecular Hbond substituents is 1. The molecule has 0 aliphatic rings. The number of hydrogen-bond acceptors (Lipinski definition) is 6. The van der Waals surface area contributed by atoms with Gasteiger partial charge in [-0.25, -0.2) is 0 Å². The van der Waals surface area contributed by atoms with E-state index in [0.717, 1.165) is 0 Å². The number of nitro benzene ring substituents is 1. The third-order valence-corrected chi connectivity index (χ3v) is 3.36. The molecule has 0 amide bonds. The molecule has 0 aliphatic carbocycles. The molecule has 2 aromatic rings. The smallest absolute Gasteiger partial charge is 0.316 e. The highest BCUT2D eigenvalue weighted by Crippen LogP contribution is 2.32. The molecule has 0 atom stereocenters. The van der Waals surface area contributed by atoms with Gasteiger partial charge in [-0.3, -0.25) is 14.9 Å². The number of carbonyl (C=O) groups is 1. The topological polar surface area (TPSA) is 98.9 Å². The van der Waals surface area contributed by atoms with Crippen molar-refractivity contribution in [1.82, 2.24) is 0 Å². The number of alkyl halides is 1. The summed E-state index contributed by atoms with van der Waals surface area (Å²) < 4.78 is 9.94. The van der Waals surface area contributed by atoms with E-state index >= 15 is 0 Å². The van der Waals surface area contributed by atoms with Crippen molar-refractivity contribution in [2.75, 3.05) is 11.9 Å². The van der Waals surface area contributed by atoms with Crippen LogP contribution < -0.4 is 4.74 Å². The number of esters is 1. The zero-order valence-electron chi connectivity index (χ0n) is 13.1. The SMILES string of the molecule is CCOC(=O)CBr.O=[N+]([O-])c1ccc(Oc2ccc(O)cc2)c(Cl)c1. The molecule has 7 nitrogen and oxygen atoms in total. The van der Waals surface area contributed by atoms with Crippen molar-refractivity contribution in [3.8, 4) is 17.2 Å². The lowest BCUT2D eigenvalue weighted by Gasteiger charge is -2.07. The molecule has 134 valence electrons. The Morgan fingerprint density at radius 3 is 2.36 bits per heavy atom. The highest BCUT2D eigenvalue weighted by atomic mass is 79.9. The van der Waals surface area contributed by atoms with Crippen LogP contribution >= 0.6 is 27.5 Å². The monoisotopic (exact) mass is 431 g/mol. The van der Waals surface area contributed by atoms with Crippen LogP contribution in [0.4, 0.5) is 5.69 Å². The predicted octanol–water partition coefficient (Wildman–Crippen LogP) is 4.69. The van der Waals surface area contributed by atoms with Gasteiger partial charge in [0.15, 0.2) is 0 Å². The molecule has 25 heavy (non-hydrogen) atoms. The maximum atomic E-state index is 10.5. The van der Waals surface area contributed by atoms with E-state index in [4.69, 9.17) is 21.4 Å². The number of hydrogen-bond donors (Lipinski definition) is 1. The van der Waals surface area contributed by atoms with Crippen LogP contribution in [0.3, 0.4) is 0 Å². The van der Waals surface area contributed by atoms with E-state index in [1.165, 1.54) is 30.3 Å².